The summed E-state index contributed by atoms with van der Waals surface area (Å²) in [4.78, 5) is 10.8. The van der Waals surface area contributed by atoms with Crippen molar-refractivity contribution in [2.24, 2.45) is 5.73 Å². The molecule has 1 amide bonds. The maximum atomic E-state index is 10.8. The van der Waals surface area contributed by atoms with E-state index >= 15 is 0 Å². The zero-order chi connectivity index (χ0) is 16.9. The number of carbonyl (C=O) groups excluding carboxylic acids is 1. The van der Waals surface area contributed by atoms with Crippen molar-refractivity contribution in [2.75, 3.05) is 6.61 Å². The van der Waals surface area contributed by atoms with Gasteiger partial charge in [0.1, 0.15) is 6.61 Å². The molecule has 0 unspecified atom stereocenters. The first kappa shape index (κ1) is 16.3. The van der Waals surface area contributed by atoms with Crippen molar-refractivity contribution in [1.29, 1.82) is 0 Å². The maximum absolute atomic E-state index is 10.8. The average molecular weight is 317 g/mol. The van der Waals surface area contributed by atoms with Crippen LogP contribution in [0.25, 0.3) is 0 Å². The number of nitrogens with two attached hydrogens (primary N) is 1. The van der Waals surface area contributed by atoms with Crippen LogP contribution in [0.4, 0.5) is 4.79 Å². The molecule has 0 radical (unpaired) electrons. The Morgan fingerprint density at radius 2 is 1.65 bits per heavy atom. The molecule has 6 heteroatoms. The van der Waals surface area contributed by atoms with E-state index in [9.17, 15) is 4.79 Å². The Bertz CT molecular complexity index is 592. The third-order valence-corrected chi connectivity index (χ3v) is 5.39. The SMILES string of the molecule is CC1(C)OB(c2ccc(C3(COC(N)=O)CC3)cc2)OC1(C)C. The lowest BCUT2D eigenvalue weighted by Gasteiger charge is -2.32. The fraction of sp³-hybridized carbons (Fsp3) is 0.588. The van der Waals surface area contributed by atoms with Crippen LogP contribution in [0.5, 0.6) is 0 Å². The Balaban J connectivity index is 1.73. The summed E-state index contributed by atoms with van der Waals surface area (Å²) in [6.45, 7) is 8.52. The van der Waals surface area contributed by atoms with Crippen LogP contribution in [0.1, 0.15) is 46.1 Å². The van der Waals surface area contributed by atoms with Gasteiger partial charge in [-0.1, -0.05) is 24.3 Å². The maximum Gasteiger partial charge on any atom is 0.494 e. The summed E-state index contributed by atoms with van der Waals surface area (Å²) in [5.41, 5.74) is 6.48. The molecule has 1 aromatic carbocycles. The minimum atomic E-state index is -0.717. The van der Waals surface area contributed by atoms with Gasteiger partial charge in [0, 0.05) is 5.41 Å². The monoisotopic (exact) mass is 317 g/mol. The molecule has 1 saturated heterocycles. The topological polar surface area (TPSA) is 70.8 Å². The molecule has 5 nitrogen and oxygen atoms in total. The summed E-state index contributed by atoms with van der Waals surface area (Å²) in [6, 6.07) is 8.19. The lowest BCUT2D eigenvalue weighted by molar-refractivity contribution is 0.00578. The van der Waals surface area contributed by atoms with Gasteiger partial charge in [-0.25, -0.2) is 4.79 Å². The summed E-state index contributed by atoms with van der Waals surface area (Å²) in [5.74, 6) is 0. The van der Waals surface area contributed by atoms with Crippen molar-refractivity contribution >= 4 is 18.7 Å². The summed E-state index contributed by atoms with van der Waals surface area (Å²) in [6.07, 6.45) is 1.30. The highest BCUT2D eigenvalue weighted by molar-refractivity contribution is 6.62. The minimum absolute atomic E-state index is 0.0660. The highest BCUT2D eigenvalue weighted by Crippen LogP contribution is 2.48. The van der Waals surface area contributed by atoms with Crippen molar-refractivity contribution < 1.29 is 18.8 Å². The Labute approximate surface area is 137 Å². The van der Waals surface area contributed by atoms with E-state index in [1.54, 1.807) is 0 Å². The Morgan fingerprint density at radius 3 is 2.09 bits per heavy atom. The number of carbonyl (C=O) groups is 1. The van der Waals surface area contributed by atoms with E-state index in [-0.39, 0.29) is 23.7 Å². The summed E-state index contributed by atoms with van der Waals surface area (Å²) in [5, 5.41) is 0. The highest BCUT2D eigenvalue weighted by atomic mass is 16.7. The second-order valence-corrected chi connectivity index (χ2v) is 7.60. The van der Waals surface area contributed by atoms with Gasteiger partial charge in [0.05, 0.1) is 11.2 Å². The molecular formula is C17H24BNO4. The average Bonchev–Trinajstić information content (AvgIpc) is 3.21. The molecule has 0 bridgehead atoms. The highest BCUT2D eigenvalue weighted by Gasteiger charge is 2.52. The third kappa shape index (κ3) is 2.97. The molecule has 0 aromatic heterocycles. The van der Waals surface area contributed by atoms with E-state index in [0.29, 0.717) is 6.61 Å². The largest absolute Gasteiger partial charge is 0.494 e. The number of primary amides is 1. The fourth-order valence-corrected chi connectivity index (χ4v) is 2.85. The molecule has 124 valence electrons. The molecule has 2 fully saturated rings. The molecule has 2 N–H and O–H groups in total. The number of benzene rings is 1. The predicted octanol–water partition coefficient (Wildman–Crippen LogP) is 2.11. The van der Waals surface area contributed by atoms with Crippen LogP contribution in [-0.2, 0) is 19.5 Å². The van der Waals surface area contributed by atoms with Crippen LogP contribution in [0.2, 0.25) is 0 Å². The number of rotatable bonds is 4. The van der Waals surface area contributed by atoms with E-state index in [1.165, 1.54) is 5.56 Å². The lowest BCUT2D eigenvalue weighted by atomic mass is 9.78. The fourth-order valence-electron chi connectivity index (χ4n) is 2.85. The summed E-state index contributed by atoms with van der Waals surface area (Å²) in [7, 11) is -0.355. The molecule has 0 atom stereocenters. The molecule has 1 saturated carbocycles. The van der Waals surface area contributed by atoms with Crippen molar-refractivity contribution in [3.63, 3.8) is 0 Å². The smallest absolute Gasteiger partial charge is 0.449 e. The number of amides is 1. The quantitative estimate of drug-likeness (QED) is 0.864. The van der Waals surface area contributed by atoms with E-state index in [1.807, 2.05) is 39.8 Å². The van der Waals surface area contributed by atoms with Crippen molar-refractivity contribution in [3.05, 3.63) is 29.8 Å². The molecule has 1 aliphatic heterocycles. The normalized spacial score (nSPS) is 23.6. The second kappa shape index (κ2) is 5.25. The van der Waals surface area contributed by atoms with Crippen LogP contribution in [0.15, 0.2) is 24.3 Å². The van der Waals surface area contributed by atoms with Crippen molar-refractivity contribution in [1.82, 2.24) is 0 Å². The zero-order valence-corrected chi connectivity index (χ0v) is 14.2. The first-order valence-corrected chi connectivity index (χ1v) is 8.04. The van der Waals surface area contributed by atoms with Crippen LogP contribution in [0.3, 0.4) is 0 Å². The Hall–Kier alpha value is -1.53. The van der Waals surface area contributed by atoms with Crippen LogP contribution < -0.4 is 11.2 Å². The second-order valence-electron chi connectivity index (χ2n) is 7.60. The van der Waals surface area contributed by atoms with Crippen LogP contribution >= 0.6 is 0 Å². The van der Waals surface area contributed by atoms with Gasteiger partial charge in [-0.2, -0.15) is 0 Å². The molecule has 1 aliphatic carbocycles. The van der Waals surface area contributed by atoms with Crippen LogP contribution in [-0.4, -0.2) is 31.0 Å². The van der Waals surface area contributed by atoms with E-state index in [0.717, 1.165) is 18.3 Å². The zero-order valence-electron chi connectivity index (χ0n) is 14.2. The molecule has 0 spiro atoms. The Kier molecular flexibility index (Phi) is 3.73. The van der Waals surface area contributed by atoms with Gasteiger partial charge >= 0.3 is 13.2 Å². The summed E-state index contributed by atoms with van der Waals surface area (Å²) < 4.78 is 17.1. The van der Waals surface area contributed by atoms with Crippen molar-refractivity contribution in [3.8, 4) is 0 Å². The molecule has 23 heavy (non-hydrogen) atoms. The van der Waals surface area contributed by atoms with Crippen molar-refractivity contribution in [2.45, 2.75) is 57.2 Å². The van der Waals surface area contributed by atoms with E-state index in [2.05, 4.69) is 12.1 Å². The minimum Gasteiger partial charge on any atom is -0.449 e. The number of hydrogen-bond acceptors (Lipinski definition) is 4. The third-order valence-electron chi connectivity index (χ3n) is 5.39. The molecule has 3 rings (SSSR count). The molecule has 2 aliphatic rings. The molecule has 1 aromatic rings. The van der Waals surface area contributed by atoms with Gasteiger partial charge in [0.15, 0.2) is 0 Å². The van der Waals surface area contributed by atoms with E-state index in [4.69, 9.17) is 19.8 Å². The van der Waals surface area contributed by atoms with Crippen LogP contribution in [0, 0.1) is 0 Å². The predicted molar refractivity (Wildman–Crippen MR) is 88.6 cm³/mol. The van der Waals surface area contributed by atoms with Gasteiger partial charge in [-0.05, 0) is 51.6 Å². The number of ether oxygens (including phenoxy) is 1. The first-order chi connectivity index (χ1) is 10.7. The van der Waals surface area contributed by atoms with Gasteiger partial charge in [-0.15, -0.1) is 0 Å². The Morgan fingerprint density at radius 1 is 1.13 bits per heavy atom. The van der Waals surface area contributed by atoms with Gasteiger partial charge in [0.2, 0.25) is 0 Å². The van der Waals surface area contributed by atoms with Gasteiger partial charge in [0.25, 0.3) is 0 Å². The lowest BCUT2D eigenvalue weighted by Crippen LogP contribution is -2.41. The molecule has 1 heterocycles. The summed E-state index contributed by atoms with van der Waals surface area (Å²) >= 11 is 0. The van der Waals surface area contributed by atoms with Gasteiger partial charge in [-0.3, -0.25) is 0 Å². The first-order valence-electron chi connectivity index (χ1n) is 8.04. The standard InChI is InChI=1S/C17H24BNO4/c1-15(2)16(3,4)23-18(22-15)13-7-5-12(6-8-13)17(9-10-17)11-21-14(19)20/h5-8H,9-11H2,1-4H3,(H2,19,20). The van der Waals surface area contributed by atoms with E-state index < -0.39 is 6.09 Å². The van der Waals surface area contributed by atoms with Gasteiger partial charge < -0.3 is 19.8 Å². The number of hydrogen-bond donors (Lipinski definition) is 1. The molecular weight excluding hydrogens is 293 g/mol.